The molecule has 1 unspecified atom stereocenters. The summed E-state index contributed by atoms with van der Waals surface area (Å²) in [7, 11) is 0. The number of benzene rings is 2. The molecule has 0 saturated carbocycles. The number of amides is 1. The van der Waals surface area contributed by atoms with Crippen LogP contribution in [0.25, 0.3) is 0 Å². The number of carbonyl (C=O) groups is 1. The van der Waals surface area contributed by atoms with Crippen LogP contribution in [0.3, 0.4) is 0 Å². The Labute approximate surface area is 130 Å². The molecule has 2 aliphatic rings. The van der Waals surface area contributed by atoms with E-state index in [1.807, 2.05) is 12.1 Å². The summed E-state index contributed by atoms with van der Waals surface area (Å²) < 4.78 is 0. The van der Waals surface area contributed by atoms with Crippen LogP contribution in [0.1, 0.15) is 29.0 Å². The third-order valence-electron chi connectivity index (χ3n) is 4.80. The molecule has 0 fully saturated rings. The van der Waals surface area contributed by atoms with Crippen molar-refractivity contribution in [1.82, 2.24) is 5.32 Å². The molecular weight excluding hydrogens is 272 g/mol. The van der Waals surface area contributed by atoms with Crippen LogP contribution in [0.4, 0.5) is 5.69 Å². The number of rotatable bonds is 2. The van der Waals surface area contributed by atoms with Gasteiger partial charge in [0.15, 0.2) is 0 Å². The minimum Gasteiger partial charge on any atom is -0.385 e. The van der Waals surface area contributed by atoms with Crippen LogP contribution in [0, 0.1) is 0 Å². The van der Waals surface area contributed by atoms with Gasteiger partial charge in [0.05, 0.1) is 5.92 Å². The van der Waals surface area contributed by atoms with E-state index < -0.39 is 0 Å². The Kier molecular flexibility index (Phi) is 3.34. The van der Waals surface area contributed by atoms with Gasteiger partial charge < -0.3 is 10.6 Å². The highest BCUT2D eigenvalue weighted by atomic mass is 16.1. The summed E-state index contributed by atoms with van der Waals surface area (Å²) in [5.74, 6) is 0.146. The van der Waals surface area contributed by atoms with E-state index >= 15 is 0 Å². The highest BCUT2D eigenvalue weighted by Gasteiger charge is 2.29. The molecule has 1 heterocycles. The first kappa shape index (κ1) is 13.4. The zero-order chi connectivity index (χ0) is 14.9. The number of anilines is 1. The van der Waals surface area contributed by atoms with E-state index in [-0.39, 0.29) is 17.9 Å². The number of hydrogen-bond acceptors (Lipinski definition) is 2. The Morgan fingerprint density at radius 1 is 1.00 bits per heavy atom. The molecule has 0 radical (unpaired) electrons. The van der Waals surface area contributed by atoms with Gasteiger partial charge >= 0.3 is 0 Å². The van der Waals surface area contributed by atoms with Gasteiger partial charge in [0.25, 0.3) is 0 Å². The minimum atomic E-state index is -0.0267. The van der Waals surface area contributed by atoms with Crippen molar-refractivity contribution in [3.8, 4) is 0 Å². The SMILES string of the molecule is O=C(NC1Cc2ccccc2C1)C1CCNc2ccccc21. The first-order chi connectivity index (χ1) is 10.8. The third kappa shape index (κ3) is 2.37. The normalized spacial score (nSPS) is 19.9. The van der Waals surface area contributed by atoms with Gasteiger partial charge in [-0.15, -0.1) is 0 Å². The summed E-state index contributed by atoms with van der Waals surface area (Å²) >= 11 is 0. The lowest BCUT2D eigenvalue weighted by Gasteiger charge is -2.27. The van der Waals surface area contributed by atoms with Gasteiger partial charge in [0, 0.05) is 18.3 Å². The van der Waals surface area contributed by atoms with Crippen LogP contribution < -0.4 is 10.6 Å². The highest BCUT2D eigenvalue weighted by Crippen LogP contribution is 2.32. The van der Waals surface area contributed by atoms with E-state index in [0.717, 1.165) is 37.1 Å². The zero-order valence-corrected chi connectivity index (χ0v) is 12.5. The molecule has 22 heavy (non-hydrogen) atoms. The molecular formula is C19H20N2O. The maximum absolute atomic E-state index is 12.7. The lowest BCUT2D eigenvalue weighted by molar-refractivity contribution is -0.123. The van der Waals surface area contributed by atoms with Gasteiger partial charge in [-0.25, -0.2) is 0 Å². The number of fused-ring (bicyclic) bond motifs is 2. The van der Waals surface area contributed by atoms with Crippen molar-refractivity contribution < 1.29 is 4.79 Å². The largest absolute Gasteiger partial charge is 0.385 e. The van der Waals surface area contributed by atoms with Crippen molar-refractivity contribution in [2.45, 2.75) is 31.2 Å². The Hall–Kier alpha value is -2.29. The number of carbonyl (C=O) groups excluding carboxylic acids is 1. The molecule has 1 atom stereocenters. The fourth-order valence-corrected chi connectivity index (χ4v) is 3.70. The first-order valence-corrected chi connectivity index (χ1v) is 8.01. The summed E-state index contributed by atoms with van der Waals surface area (Å²) in [5.41, 5.74) is 4.97. The quantitative estimate of drug-likeness (QED) is 0.893. The molecule has 3 heteroatoms. The van der Waals surface area contributed by atoms with E-state index in [9.17, 15) is 4.79 Å². The molecule has 2 aromatic carbocycles. The molecule has 112 valence electrons. The van der Waals surface area contributed by atoms with Gasteiger partial charge in [-0.2, -0.15) is 0 Å². The van der Waals surface area contributed by atoms with Gasteiger partial charge in [-0.3, -0.25) is 4.79 Å². The van der Waals surface area contributed by atoms with E-state index in [1.54, 1.807) is 0 Å². The maximum Gasteiger partial charge on any atom is 0.227 e. The van der Waals surface area contributed by atoms with Crippen LogP contribution in [-0.4, -0.2) is 18.5 Å². The third-order valence-corrected chi connectivity index (χ3v) is 4.80. The molecule has 0 saturated heterocycles. The summed E-state index contributed by atoms with van der Waals surface area (Å²) in [6, 6.07) is 16.9. The second-order valence-corrected chi connectivity index (χ2v) is 6.24. The van der Waals surface area contributed by atoms with Crippen molar-refractivity contribution >= 4 is 11.6 Å². The van der Waals surface area contributed by atoms with Crippen molar-refractivity contribution in [3.63, 3.8) is 0 Å². The summed E-state index contributed by atoms with van der Waals surface area (Å²) in [6.45, 7) is 0.861. The van der Waals surface area contributed by atoms with Crippen molar-refractivity contribution in [2.75, 3.05) is 11.9 Å². The Morgan fingerprint density at radius 2 is 1.68 bits per heavy atom. The molecule has 0 spiro atoms. The van der Waals surface area contributed by atoms with Gasteiger partial charge in [0.2, 0.25) is 5.91 Å². The molecule has 2 N–H and O–H groups in total. The lowest BCUT2D eigenvalue weighted by atomic mass is 9.90. The average Bonchev–Trinajstić information content (AvgIpc) is 2.96. The monoisotopic (exact) mass is 292 g/mol. The second-order valence-electron chi connectivity index (χ2n) is 6.24. The molecule has 2 aromatic rings. The lowest BCUT2D eigenvalue weighted by Crippen LogP contribution is -2.40. The Morgan fingerprint density at radius 3 is 2.45 bits per heavy atom. The number of hydrogen-bond donors (Lipinski definition) is 2. The fourth-order valence-electron chi connectivity index (χ4n) is 3.70. The molecule has 0 bridgehead atoms. The molecule has 1 aliphatic heterocycles. The minimum absolute atomic E-state index is 0.0267. The summed E-state index contributed by atoms with van der Waals surface area (Å²) in [6.07, 6.45) is 2.77. The summed E-state index contributed by atoms with van der Waals surface area (Å²) in [5, 5.41) is 6.64. The molecule has 3 nitrogen and oxygen atoms in total. The fraction of sp³-hybridized carbons (Fsp3) is 0.316. The predicted octanol–water partition coefficient (Wildman–Crippen LogP) is 2.87. The number of para-hydroxylation sites is 1. The first-order valence-electron chi connectivity index (χ1n) is 8.01. The van der Waals surface area contributed by atoms with Crippen LogP contribution in [-0.2, 0) is 17.6 Å². The zero-order valence-electron chi connectivity index (χ0n) is 12.5. The van der Waals surface area contributed by atoms with Gasteiger partial charge in [-0.1, -0.05) is 42.5 Å². The van der Waals surface area contributed by atoms with E-state index in [2.05, 4.69) is 47.0 Å². The Bertz CT molecular complexity index is 685. The van der Waals surface area contributed by atoms with Crippen LogP contribution in [0.2, 0.25) is 0 Å². The van der Waals surface area contributed by atoms with Crippen molar-refractivity contribution in [2.24, 2.45) is 0 Å². The average molecular weight is 292 g/mol. The van der Waals surface area contributed by atoms with E-state index in [0.29, 0.717) is 0 Å². The van der Waals surface area contributed by atoms with Gasteiger partial charge in [0.1, 0.15) is 0 Å². The molecule has 4 rings (SSSR count). The highest BCUT2D eigenvalue weighted by molar-refractivity contribution is 5.86. The maximum atomic E-state index is 12.7. The van der Waals surface area contributed by atoms with E-state index in [4.69, 9.17) is 0 Å². The predicted molar refractivity (Wildman–Crippen MR) is 88.1 cm³/mol. The van der Waals surface area contributed by atoms with Crippen molar-refractivity contribution in [1.29, 1.82) is 0 Å². The molecule has 1 aliphatic carbocycles. The number of nitrogens with one attached hydrogen (secondary N) is 2. The van der Waals surface area contributed by atoms with Crippen LogP contribution in [0.15, 0.2) is 48.5 Å². The van der Waals surface area contributed by atoms with Gasteiger partial charge in [-0.05, 0) is 42.0 Å². The second kappa shape index (κ2) is 5.48. The van der Waals surface area contributed by atoms with Crippen LogP contribution in [0.5, 0.6) is 0 Å². The van der Waals surface area contributed by atoms with Crippen LogP contribution >= 0.6 is 0 Å². The smallest absolute Gasteiger partial charge is 0.227 e. The molecule has 1 amide bonds. The summed E-state index contributed by atoms with van der Waals surface area (Å²) in [4.78, 5) is 12.7. The van der Waals surface area contributed by atoms with E-state index in [1.165, 1.54) is 11.1 Å². The standard InChI is InChI=1S/C19H20N2O/c22-19(17-9-10-20-18-8-4-3-7-16(17)18)21-15-11-13-5-1-2-6-14(13)12-15/h1-8,15,17,20H,9-12H2,(H,21,22). The molecule has 0 aromatic heterocycles. The van der Waals surface area contributed by atoms with Crippen molar-refractivity contribution in [3.05, 3.63) is 65.2 Å². The topological polar surface area (TPSA) is 41.1 Å². The Balaban J connectivity index is 1.48.